The van der Waals surface area contributed by atoms with Gasteiger partial charge in [-0.05, 0) is 63.4 Å². The molecular weight excluding hydrogens is 550 g/mol. The lowest BCUT2D eigenvalue weighted by Crippen LogP contribution is -2.57. The first kappa shape index (κ1) is 29.7. The number of carbonyl (C=O) groups excluding carboxylic acids is 1. The van der Waals surface area contributed by atoms with Gasteiger partial charge < -0.3 is 10.1 Å². The standard InChI is InChI=1S/C24H23F8NO4S/c1-20(2,3)37-19(34)33-17-12-21(13-17,38(35,36)18-10-8-16(25)9-11-18)14-4-6-15(7-5-14)22(26,23(27,28)29)24(30,31)32/h4-11,17H,12-13H2,1-3H3,(H,33,34). The lowest BCUT2D eigenvalue weighted by Gasteiger charge is -2.47. The maximum Gasteiger partial charge on any atom is 0.435 e. The van der Waals surface area contributed by atoms with Gasteiger partial charge in [0.2, 0.25) is 0 Å². The summed E-state index contributed by atoms with van der Waals surface area (Å²) in [7, 11) is -4.44. The third kappa shape index (κ3) is 5.19. The minimum absolute atomic E-state index is 0.229. The van der Waals surface area contributed by atoms with Gasteiger partial charge in [0.05, 0.1) is 4.90 Å². The van der Waals surface area contributed by atoms with Gasteiger partial charge in [-0.2, -0.15) is 26.3 Å². The largest absolute Gasteiger partial charge is 0.444 e. The fraction of sp³-hybridized carbons (Fsp3) is 0.458. The summed E-state index contributed by atoms with van der Waals surface area (Å²) in [4.78, 5) is 11.8. The summed E-state index contributed by atoms with van der Waals surface area (Å²) in [5.74, 6) is -0.751. The van der Waals surface area contributed by atoms with Crippen LogP contribution in [0.3, 0.4) is 0 Å². The average Bonchev–Trinajstić information content (AvgIpc) is 2.73. The van der Waals surface area contributed by atoms with Gasteiger partial charge in [-0.25, -0.2) is 22.0 Å². The van der Waals surface area contributed by atoms with Crippen molar-refractivity contribution in [3.05, 3.63) is 65.5 Å². The number of alkyl carbamates (subject to hydrolysis) is 1. The molecule has 0 aliphatic heterocycles. The van der Waals surface area contributed by atoms with Crippen LogP contribution >= 0.6 is 0 Å². The Morgan fingerprint density at radius 2 is 1.34 bits per heavy atom. The van der Waals surface area contributed by atoms with Gasteiger partial charge in [0.15, 0.2) is 9.84 Å². The number of amides is 1. The van der Waals surface area contributed by atoms with Crippen LogP contribution < -0.4 is 5.32 Å². The van der Waals surface area contributed by atoms with Crippen LogP contribution in [-0.2, 0) is 25.0 Å². The summed E-state index contributed by atoms with van der Waals surface area (Å²) >= 11 is 0. The van der Waals surface area contributed by atoms with Gasteiger partial charge in [-0.3, -0.25) is 0 Å². The van der Waals surface area contributed by atoms with E-state index in [0.29, 0.717) is 12.1 Å². The number of rotatable bonds is 5. The van der Waals surface area contributed by atoms with Crippen LogP contribution in [0, 0.1) is 5.82 Å². The number of ether oxygens (including phenoxy) is 1. The fourth-order valence-electron chi connectivity index (χ4n) is 4.25. The Morgan fingerprint density at radius 1 is 0.868 bits per heavy atom. The summed E-state index contributed by atoms with van der Waals surface area (Å²) in [6.45, 7) is 4.76. The molecule has 0 unspecified atom stereocenters. The zero-order chi connectivity index (χ0) is 28.9. The predicted molar refractivity (Wildman–Crippen MR) is 119 cm³/mol. The molecule has 14 heteroatoms. The van der Waals surface area contributed by atoms with Crippen LogP contribution in [0.25, 0.3) is 0 Å². The van der Waals surface area contributed by atoms with E-state index in [-0.39, 0.29) is 35.4 Å². The quantitative estimate of drug-likeness (QED) is 0.329. The van der Waals surface area contributed by atoms with E-state index in [0.717, 1.165) is 24.3 Å². The second kappa shape index (κ2) is 9.38. The minimum Gasteiger partial charge on any atom is -0.444 e. The first-order valence-electron chi connectivity index (χ1n) is 11.1. The zero-order valence-electron chi connectivity index (χ0n) is 20.2. The van der Waals surface area contributed by atoms with Crippen molar-refractivity contribution in [2.75, 3.05) is 0 Å². The predicted octanol–water partition coefficient (Wildman–Crippen LogP) is 6.47. The normalized spacial score (nSPS) is 21.0. The zero-order valence-corrected chi connectivity index (χ0v) is 21.0. The third-order valence-corrected chi connectivity index (χ3v) is 8.59. The molecule has 1 aliphatic rings. The molecular formula is C24H23F8NO4S. The number of halogens is 8. The fourth-order valence-corrected chi connectivity index (χ4v) is 6.49. The molecule has 5 nitrogen and oxygen atoms in total. The van der Waals surface area contributed by atoms with Crippen molar-refractivity contribution >= 4 is 15.9 Å². The SMILES string of the molecule is CC(C)(C)OC(=O)NC1CC(c2ccc(C(F)(C(F)(F)F)C(F)(F)F)cc2)(S(=O)(=O)c2ccc(F)cc2)C1. The van der Waals surface area contributed by atoms with Crippen molar-refractivity contribution in [2.24, 2.45) is 0 Å². The first-order chi connectivity index (χ1) is 17.1. The minimum atomic E-state index is -6.34. The Balaban J connectivity index is 2.04. The van der Waals surface area contributed by atoms with Crippen molar-refractivity contribution in [3.63, 3.8) is 0 Å². The van der Waals surface area contributed by atoms with Crippen molar-refractivity contribution < 1.29 is 53.1 Å². The number of benzene rings is 2. The summed E-state index contributed by atoms with van der Waals surface area (Å²) in [6, 6.07) is 4.64. The van der Waals surface area contributed by atoms with Gasteiger partial charge in [0, 0.05) is 11.6 Å². The molecule has 2 aromatic carbocycles. The van der Waals surface area contributed by atoms with E-state index in [2.05, 4.69) is 5.32 Å². The maximum atomic E-state index is 14.5. The summed E-state index contributed by atoms with van der Waals surface area (Å²) in [5, 5.41) is 2.46. The Bertz CT molecular complexity index is 1260. The number of hydrogen-bond donors (Lipinski definition) is 1. The highest BCUT2D eigenvalue weighted by Crippen LogP contribution is 2.55. The van der Waals surface area contributed by atoms with Crippen LogP contribution in [0.15, 0.2) is 53.4 Å². The molecule has 0 atom stereocenters. The lowest BCUT2D eigenvalue weighted by atomic mass is 9.74. The summed E-state index contributed by atoms with van der Waals surface area (Å²) in [6.07, 6.45) is -14.2. The van der Waals surface area contributed by atoms with Crippen LogP contribution in [0.1, 0.15) is 44.7 Å². The second-order valence-corrected chi connectivity index (χ2v) is 12.2. The highest BCUT2D eigenvalue weighted by molar-refractivity contribution is 7.92. The van der Waals surface area contributed by atoms with Gasteiger partial charge in [0.1, 0.15) is 16.2 Å². The maximum absolute atomic E-state index is 14.5. The molecule has 38 heavy (non-hydrogen) atoms. The van der Waals surface area contributed by atoms with Gasteiger partial charge in [-0.15, -0.1) is 0 Å². The van der Waals surface area contributed by atoms with E-state index < -0.39 is 61.7 Å². The topological polar surface area (TPSA) is 72.5 Å². The van der Waals surface area contributed by atoms with Crippen molar-refractivity contribution in [1.29, 1.82) is 0 Å². The molecule has 0 spiro atoms. The monoisotopic (exact) mass is 573 g/mol. The number of sulfone groups is 1. The molecule has 1 saturated carbocycles. The number of alkyl halides is 7. The molecule has 1 N–H and O–H groups in total. The van der Waals surface area contributed by atoms with E-state index in [4.69, 9.17) is 4.74 Å². The molecule has 1 aliphatic carbocycles. The van der Waals surface area contributed by atoms with Gasteiger partial charge >= 0.3 is 24.1 Å². The van der Waals surface area contributed by atoms with Crippen LogP contribution in [-0.4, -0.2) is 38.5 Å². The van der Waals surface area contributed by atoms with E-state index in [1.165, 1.54) is 0 Å². The lowest BCUT2D eigenvalue weighted by molar-refractivity contribution is -0.348. The van der Waals surface area contributed by atoms with Crippen LogP contribution in [0.4, 0.5) is 39.9 Å². The first-order valence-corrected chi connectivity index (χ1v) is 12.6. The van der Waals surface area contributed by atoms with E-state index in [1.807, 2.05) is 0 Å². The van der Waals surface area contributed by atoms with E-state index >= 15 is 0 Å². The van der Waals surface area contributed by atoms with E-state index in [1.54, 1.807) is 20.8 Å². The second-order valence-electron chi connectivity index (χ2n) is 9.93. The van der Waals surface area contributed by atoms with Crippen molar-refractivity contribution in [1.82, 2.24) is 5.32 Å². The highest BCUT2D eigenvalue weighted by atomic mass is 32.2. The Hall–Kier alpha value is -2.90. The van der Waals surface area contributed by atoms with Crippen LogP contribution in [0.2, 0.25) is 0 Å². The number of nitrogens with one attached hydrogen (secondary N) is 1. The van der Waals surface area contributed by atoms with Gasteiger partial charge in [0.25, 0.3) is 0 Å². The smallest absolute Gasteiger partial charge is 0.435 e. The van der Waals surface area contributed by atoms with Crippen molar-refractivity contribution in [3.8, 4) is 0 Å². The highest BCUT2D eigenvalue weighted by Gasteiger charge is 2.73. The molecule has 210 valence electrons. The van der Waals surface area contributed by atoms with E-state index in [9.17, 15) is 48.3 Å². The Labute approximate surface area is 213 Å². The van der Waals surface area contributed by atoms with Crippen molar-refractivity contribution in [2.45, 2.75) is 72.9 Å². The molecule has 1 amide bonds. The molecule has 0 radical (unpaired) electrons. The summed E-state index contributed by atoms with van der Waals surface area (Å²) in [5.41, 5.74) is -8.59. The van der Waals surface area contributed by atoms with Gasteiger partial charge in [-0.1, -0.05) is 24.3 Å². The third-order valence-electron chi connectivity index (χ3n) is 6.10. The van der Waals surface area contributed by atoms with Crippen LogP contribution in [0.5, 0.6) is 0 Å². The Kier molecular flexibility index (Phi) is 7.32. The molecule has 0 saturated heterocycles. The number of carbonyl (C=O) groups is 1. The molecule has 0 aromatic heterocycles. The molecule has 0 bridgehead atoms. The Morgan fingerprint density at radius 3 is 1.76 bits per heavy atom. The molecule has 3 rings (SSSR count). The molecule has 2 aromatic rings. The molecule has 0 heterocycles. The summed E-state index contributed by atoms with van der Waals surface area (Å²) < 4.78 is 137. The number of hydrogen-bond acceptors (Lipinski definition) is 4. The average molecular weight is 574 g/mol. The molecule has 1 fully saturated rings.